The molecule has 0 aliphatic carbocycles. The highest BCUT2D eigenvalue weighted by Crippen LogP contribution is 2.43. The maximum atomic E-state index is 14.2. The quantitative estimate of drug-likeness (QED) is 0.630. The van der Waals surface area contributed by atoms with Gasteiger partial charge in [-0.25, -0.2) is 0 Å². The maximum Gasteiger partial charge on any atom is 0.253 e. The number of carbonyl (C=O) groups is 1. The highest BCUT2D eigenvalue weighted by atomic mass is 31.2. The van der Waals surface area contributed by atoms with Crippen molar-refractivity contribution in [2.75, 3.05) is 18.2 Å². The number of hydrogen-bond donors (Lipinski definition) is 1. The van der Waals surface area contributed by atoms with Gasteiger partial charge in [0.05, 0.1) is 0 Å². The summed E-state index contributed by atoms with van der Waals surface area (Å²) in [4.78, 5) is 14.8. The van der Waals surface area contributed by atoms with E-state index in [1.165, 1.54) is 6.42 Å². The normalized spacial score (nSPS) is 14.4. The minimum Gasteiger partial charge on any atom is -0.339 e. The number of likely N-dealkylation sites (tertiary alicyclic amines) is 1. The summed E-state index contributed by atoms with van der Waals surface area (Å²) < 4.78 is 14.2. The summed E-state index contributed by atoms with van der Waals surface area (Å²) in [5.41, 5.74) is 1.31. The summed E-state index contributed by atoms with van der Waals surface area (Å²) in [5.74, 6) is 0.0441. The third kappa shape index (κ3) is 4.28. The Bertz CT molecular complexity index is 972. The molecule has 3 aromatic rings. The Labute approximate surface area is 172 Å². The van der Waals surface area contributed by atoms with Gasteiger partial charge in [-0.1, -0.05) is 42.5 Å². The van der Waals surface area contributed by atoms with Crippen LogP contribution in [-0.4, -0.2) is 23.9 Å². The fourth-order valence-corrected chi connectivity index (χ4v) is 5.98. The van der Waals surface area contributed by atoms with Gasteiger partial charge < -0.3 is 9.99 Å². The first-order valence-electron chi connectivity index (χ1n) is 10.1. The summed E-state index contributed by atoms with van der Waals surface area (Å²) >= 11 is 0. The molecule has 1 aliphatic rings. The molecular formula is C24H25N2O2P. The third-order valence-electron chi connectivity index (χ3n) is 5.28. The lowest BCUT2D eigenvalue weighted by molar-refractivity contribution is 0.0724. The molecule has 0 aromatic heterocycles. The van der Waals surface area contributed by atoms with Gasteiger partial charge in [-0.3, -0.25) is 9.36 Å². The van der Waals surface area contributed by atoms with Crippen molar-refractivity contribution in [2.45, 2.75) is 19.3 Å². The molecule has 1 amide bonds. The average Bonchev–Trinajstić information content (AvgIpc) is 2.80. The predicted octanol–water partition coefficient (Wildman–Crippen LogP) is 4.65. The number of carbonyl (C=O) groups excluding carboxylic acids is 1. The van der Waals surface area contributed by atoms with E-state index < -0.39 is 7.29 Å². The number of amides is 1. The van der Waals surface area contributed by atoms with Crippen molar-refractivity contribution in [1.82, 2.24) is 4.90 Å². The van der Waals surface area contributed by atoms with E-state index in [2.05, 4.69) is 5.09 Å². The van der Waals surface area contributed by atoms with Crippen molar-refractivity contribution in [3.63, 3.8) is 0 Å². The molecule has 1 N–H and O–H groups in total. The second-order valence-corrected chi connectivity index (χ2v) is 9.80. The van der Waals surface area contributed by atoms with Crippen LogP contribution >= 0.6 is 7.29 Å². The van der Waals surface area contributed by atoms with Crippen LogP contribution in [0.1, 0.15) is 29.6 Å². The fourth-order valence-electron chi connectivity index (χ4n) is 3.74. The Morgan fingerprint density at radius 1 is 0.759 bits per heavy atom. The lowest BCUT2D eigenvalue weighted by atomic mass is 10.1. The largest absolute Gasteiger partial charge is 0.339 e. The van der Waals surface area contributed by atoms with Gasteiger partial charge in [0.2, 0.25) is 7.29 Å². The summed E-state index contributed by atoms with van der Waals surface area (Å²) in [6, 6.07) is 26.3. The van der Waals surface area contributed by atoms with Crippen molar-refractivity contribution in [2.24, 2.45) is 0 Å². The first-order chi connectivity index (χ1) is 14.2. The van der Waals surface area contributed by atoms with Crippen LogP contribution in [0.15, 0.2) is 84.9 Å². The molecule has 4 nitrogen and oxygen atoms in total. The number of benzene rings is 3. The highest BCUT2D eigenvalue weighted by Gasteiger charge is 2.27. The van der Waals surface area contributed by atoms with E-state index in [1.54, 1.807) is 0 Å². The number of rotatable bonds is 5. The van der Waals surface area contributed by atoms with Crippen molar-refractivity contribution >= 4 is 29.5 Å². The van der Waals surface area contributed by atoms with Crippen molar-refractivity contribution in [1.29, 1.82) is 0 Å². The molecule has 1 fully saturated rings. The molecule has 0 unspecified atom stereocenters. The van der Waals surface area contributed by atoms with Crippen LogP contribution in [0.25, 0.3) is 0 Å². The zero-order valence-corrected chi connectivity index (χ0v) is 17.2. The standard InChI is InChI=1S/C24H25N2O2P/c27-24(26-17-8-3-9-18-26)20-11-10-12-21(19-20)25-29(28,22-13-4-1-5-14-22)23-15-6-2-7-16-23/h1-2,4-7,10-16,19H,3,8-9,17-18H2,(H,25,28). The summed E-state index contributed by atoms with van der Waals surface area (Å²) in [6.07, 6.45) is 3.30. The number of nitrogens with zero attached hydrogens (tertiary/aromatic N) is 1. The van der Waals surface area contributed by atoms with E-state index in [-0.39, 0.29) is 5.91 Å². The molecule has 1 heterocycles. The molecule has 5 heteroatoms. The van der Waals surface area contributed by atoms with E-state index >= 15 is 0 Å². The van der Waals surface area contributed by atoms with E-state index in [4.69, 9.17) is 0 Å². The first kappa shape index (κ1) is 19.5. The lowest BCUT2D eigenvalue weighted by Crippen LogP contribution is -2.35. The Morgan fingerprint density at radius 3 is 1.93 bits per heavy atom. The molecule has 0 bridgehead atoms. The Balaban J connectivity index is 1.67. The minimum absolute atomic E-state index is 0.0441. The highest BCUT2D eigenvalue weighted by molar-refractivity contribution is 7.80. The fraction of sp³-hybridized carbons (Fsp3) is 0.208. The van der Waals surface area contributed by atoms with Crippen LogP contribution < -0.4 is 15.7 Å². The molecule has 0 radical (unpaired) electrons. The second kappa shape index (κ2) is 8.67. The molecule has 148 valence electrons. The Kier molecular flexibility index (Phi) is 5.82. The molecule has 3 aromatic carbocycles. The zero-order chi connectivity index (χ0) is 20.1. The molecule has 1 aliphatic heterocycles. The number of piperidine rings is 1. The van der Waals surface area contributed by atoms with Gasteiger partial charge in [-0.15, -0.1) is 0 Å². The van der Waals surface area contributed by atoms with Crippen LogP contribution in [0, 0.1) is 0 Å². The zero-order valence-electron chi connectivity index (χ0n) is 16.3. The lowest BCUT2D eigenvalue weighted by Gasteiger charge is -2.27. The molecule has 0 atom stereocenters. The molecule has 4 rings (SSSR count). The third-order valence-corrected chi connectivity index (χ3v) is 7.90. The summed E-state index contributed by atoms with van der Waals surface area (Å²) in [5, 5.41) is 4.74. The molecule has 0 saturated carbocycles. The SMILES string of the molecule is O=C(c1cccc(NP(=O)(c2ccccc2)c2ccccc2)c1)N1CCCCC1. The summed E-state index contributed by atoms with van der Waals surface area (Å²) in [6.45, 7) is 1.62. The van der Waals surface area contributed by atoms with E-state index in [1.807, 2.05) is 89.8 Å². The van der Waals surface area contributed by atoms with Crippen molar-refractivity contribution in [3.05, 3.63) is 90.5 Å². The van der Waals surface area contributed by atoms with Gasteiger partial charge in [0.15, 0.2) is 0 Å². The molecular weight excluding hydrogens is 379 g/mol. The van der Waals surface area contributed by atoms with Gasteiger partial charge in [0, 0.05) is 34.9 Å². The van der Waals surface area contributed by atoms with E-state index in [0.717, 1.165) is 36.5 Å². The topological polar surface area (TPSA) is 49.4 Å². The first-order valence-corrected chi connectivity index (χ1v) is 11.8. The van der Waals surface area contributed by atoms with Crippen molar-refractivity contribution < 1.29 is 9.36 Å². The van der Waals surface area contributed by atoms with Crippen LogP contribution in [0.4, 0.5) is 5.69 Å². The Morgan fingerprint density at radius 2 is 1.34 bits per heavy atom. The number of anilines is 1. The van der Waals surface area contributed by atoms with E-state index in [9.17, 15) is 9.36 Å². The molecule has 29 heavy (non-hydrogen) atoms. The monoisotopic (exact) mass is 404 g/mol. The second-order valence-electron chi connectivity index (χ2n) is 7.33. The van der Waals surface area contributed by atoms with Gasteiger partial charge in [-0.05, 0) is 61.7 Å². The minimum atomic E-state index is -3.10. The number of hydrogen-bond acceptors (Lipinski definition) is 2. The Hall–Kier alpha value is -2.84. The van der Waals surface area contributed by atoms with Gasteiger partial charge in [-0.2, -0.15) is 0 Å². The van der Waals surface area contributed by atoms with Gasteiger partial charge in [0.1, 0.15) is 0 Å². The van der Waals surface area contributed by atoms with Crippen LogP contribution in [0.5, 0.6) is 0 Å². The van der Waals surface area contributed by atoms with E-state index in [0.29, 0.717) is 11.3 Å². The smallest absolute Gasteiger partial charge is 0.253 e. The van der Waals surface area contributed by atoms with Gasteiger partial charge >= 0.3 is 0 Å². The summed E-state index contributed by atoms with van der Waals surface area (Å²) in [7, 11) is -3.10. The van der Waals surface area contributed by atoms with Crippen LogP contribution in [0.2, 0.25) is 0 Å². The maximum absolute atomic E-state index is 14.2. The molecule has 0 spiro atoms. The predicted molar refractivity (Wildman–Crippen MR) is 120 cm³/mol. The van der Waals surface area contributed by atoms with Crippen LogP contribution in [0.3, 0.4) is 0 Å². The van der Waals surface area contributed by atoms with Crippen LogP contribution in [-0.2, 0) is 4.57 Å². The molecule has 1 saturated heterocycles. The van der Waals surface area contributed by atoms with Gasteiger partial charge in [0.25, 0.3) is 5.91 Å². The number of nitrogens with one attached hydrogen (secondary N) is 1. The average molecular weight is 404 g/mol. The van der Waals surface area contributed by atoms with Crippen molar-refractivity contribution in [3.8, 4) is 0 Å².